The highest BCUT2D eigenvalue weighted by Crippen LogP contribution is 2.27. The third-order valence-corrected chi connectivity index (χ3v) is 2.97. The lowest BCUT2D eigenvalue weighted by atomic mass is 10.1. The van der Waals surface area contributed by atoms with E-state index in [0.29, 0.717) is 5.75 Å². The van der Waals surface area contributed by atoms with E-state index < -0.39 is 0 Å². The van der Waals surface area contributed by atoms with Crippen molar-refractivity contribution in [3.05, 3.63) is 23.3 Å². The summed E-state index contributed by atoms with van der Waals surface area (Å²) in [4.78, 5) is 2.37. The summed E-state index contributed by atoms with van der Waals surface area (Å²) in [7, 11) is 0. The molecule has 0 unspecified atom stereocenters. The molecule has 0 bridgehead atoms. The van der Waals surface area contributed by atoms with Crippen LogP contribution in [0.5, 0.6) is 5.75 Å². The number of phenols is 1. The molecular formula is C12H18N2O. The van der Waals surface area contributed by atoms with Gasteiger partial charge in [-0.1, -0.05) is 0 Å². The highest BCUT2D eigenvalue weighted by molar-refractivity contribution is 5.58. The van der Waals surface area contributed by atoms with Gasteiger partial charge in [0.1, 0.15) is 5.75 Å². The first-order chi connectivity index (χ1) is 7.18. The number of nitrogens with one attached hydrogen (secondary N) is 1. The van der Waals surface area contributed by atoms with Crippen molar-refractivity contribution < 1.29 is 5.11 Å². The molecule has 3 nitrogen and oxygen atoms in total. The lowest BCUT2D eigenvalue weighted by molar-refractivity contribution is 0.470. The zero-order valence-electron chi connectivity index (χ0n) is 9.38. The molecule has 1 aromatic carbocycles. The van der Waals surface area contributed by atoms with Gasteiger partial charge in [0.05, 0.1) is 0 Å². The van der Waals surface area contributed by atoms with Crippen molar-refractivity contribution in [2.45, 2.75) is 13.8 Å². The quantitative estimate of drug-likeness (QED) is 0.729. The Morgan fingerprint density at radius 1 is 1.13 bits per heavy atom. The Morgan fingerprint density at radius 2 is 1.80 bits per heavy atom. The van der Waals surface area contributed by atoms with Gasteiger partial charge in [0.15, 0.2) is 0 Å². The zero-order valence-corrected chi connectivity index (χ0v) is 9.38. The van der Waals surface area contributed by atoms with Crippen LogP contribution in [0.4, 0.5) is 5.69 Å². The van der Waals surface area contributed by atoms with Crippen molar-refractivity contribution in [3.63, 3.8) is 0 Å². The zero-order chi connectivity index (χ0) is 10.8. The normalized spacial score (nSPS) is 16.8. The SMILES string of the molecule is Cc1cc(N2CCNCC2)c(C)cc1O. The van der Waals surface area contributed by atoms with Crippen LogP contribution in [-0.2, 0) is 0 Å². The molecule has 0 aromatic heterocycles. The molecule has 1 saturated heterocycles. The van der Waals surface area contributed by atoms with E-state index in [1.165, 1.54) is 5.69 Å². The molecule has 82 valence electrons. The minimum atomic E-state index is 0.395. The van der Waals surface area contributed by atoms with Gasteiger partial charge in [-0.3, -0.25) is 0 Å². The Hall–Kier alpha value is -1.22. The van der Waals surface area contributed by atoms with E-state index in [0.717, 1.165) is 37.3 Å². The second kappa shape index (κ2) is 4.11. The molecule has 0 amide bonds. The molecule has 0 atom stereocenters. The monoisotopic (exact) mass is 206 g/mol. The molecule has 0 aliphatic carbocycles. The summed E-state index contributed by atoms with van der Waals surface area (Å²) in [5.74, 6) is 0.395. The lowest BCUT2D eigenvalue weighted by Gasteiger charge is -2.31. The summed E-state index contributed by atoms with van der Waals surface area (Å²) in [6.07, 6.45) is 0. The smallest absolute Gasteiger partial charge is 0.118 e. The van der Waals surface area contributed by atoms with Gasteiger partial charge in [-0.25, -0.2) is 0 Å². The molecule has 0 radical (unpaired) electrons. The van der Waals surface area contributed by atoms with Crippen molar-refractivity contribution in [1.82, 2.24) is 5.32 Å². The van der Waals surface area contributed by atoms with Gasteiger partial charge in [0.2, 0.25) is 0 Å². The van der Waals surface area contributed by atoms with Crippen molar-refractivity contribution in [3.8, 4) is 5.75 Å². The van der Waals surface area contributed by atoms with Crippen molar-refractivity contribution >= 4 is 5.69 Å². The fourth-order valence-corrected chi connectivity index (χ4v) is 2.03. The van der Waals surface area contributed by atoms with E-state index in [-0.39, 0.29) is 0 Å². The standard InChI is InChI=1S/C12H18N2O/c1-9-8-12(15)10(2)7-11(9)14-5-3-13-4-6-14/h7-8,13,15H,3-6H2,1-2H3. The number of hydrogen-bond donors (Lipinski definition) is 2. The predicted octanol–water partition coefficient (Wildman–Crippen LogP) is 1.42. The number of rotatable bonds is 1. The van der Waals surface area contributed by atoms with Crippen LogP contribution in [0.1, 0.15) is 11.1 Å². The topological polar surface area (TPSA) is 35.5 Å². The van der Waals surface area contributed by atoms with Gasteiger partial charge < -0.3 is 15.3 Å². The second-order valence-electron chi connectivity index (χ2n) is 4.16. The van der Waals surface area contributed by atoms with E-state index in [4.69, 9.17) is 0 Å². The third kappa shape index (κ3) is 2.07. The van der Waals surface area contributed by atoms with E-state index in [9.17, 15) is 5.11 Å². The van der Waals surface area contributed by atoms with Crippen LogP contribution >= 0.6 is 0 Å². The van der Waals surface area contributed by atoms with Crippen LogP contribution in [0.25, 0.3) is 0 Å². The van der Waals surface area contributed by atoms with Crippen LogP contribution < -0.4 is 10.2 Å². The van der Waals surface area contributed by atoms with Gasteiger partial charge in [0.25, 0.3) is 0 Å². The van der Waals surface area contributed by atoms with Crippen LogP contribution in [0.15, 0.2) is 12.1 Å². The Morgan fingerprint density at radius 3 is 2.47 bits per heavy atom. The number of aryl methyl sites for hydroxylation is 2. The number of benzene rings is 1. The van der Waals surface area contributed by atoms with E-state index in [1.54, 1.807) is 0 Å². The largest absolute Gasteiger partial charge is 0.508 e. The number of aromatic hydroxyl groups is 1. The Labute approximate surface area is 90.7 Å². The van der Waals surface area contributed by atoms with Crippen LogP contribution in [-0.4, -0.2) is 31.3 Å². The highest BCUT2D eigenvalue weighted by atomic mass is 16.3. The highest BCUT2D eigenvalue weighted by Gasteiger charge is 2.13. The van der Waals surface area contributed by atoms with Gasteiger partial charge in [-0.15, -0.1) is 0 Å². The fourth-order valence-electron chi connectivity index (χ4n) is 2.03. The van der Waals surface area contributed by atoms with Crippen molar-refractivity contribution in [1.29, 1.82) is 0 Å². The number of nitrogens with zero attached hydrogens (tertiary/aromatic N) is 1. The molecule has 2 rings (SSSR count). The molecule has 1 heterocycles. The van der Waals surface area contributed by atoms with E-state index in [1.807, 2.05) is 13.0 Å². The molecular weight excluding hydrogens is 188 g/mol. The Kier molecular flexibility index (Phi) is 2.82. The molecule has 1 aromatic rings. The molecule has 1 aliphatic rings. The first-order valence-electron chi connectivity index (χ1n) is 5.44. The maximum atomic E-state index is 9.59. The average Bonchev–Trinajstić information content (AvgIpc) is 2.25. The lowest BCUT2D eigenvalue weighted by Crippen LogP contribution is -2.43. The minimum absolute atomic E-state index is 0.395. The van der Waals surface area contributed by atoms with Crippen LogP contribution in [0, 0.1) is 13.8 Å². The fraction of sp³-hybridized carbons (Fsp3) is 0.500. The summed E-state index contributed by atoms with van der Waals surface area (Å²) in [5.41, 5.74) is 3.36. The summed E-state index contributed by atoms with van der Waals surface area (Å²) < 4.78 is 0. The van der Waals surface area contributed by atoms with E-state index in [2.05, 4.69) is 23.2 Å². The number of hydrogen-bond acceptors (Lipinski definition) is 3. The van der Waals surface area contributed by atoms with Crippen molar-refractivity contribution in [2.24, 2.45) is 0 Å². The maximum absolute atomic E-state index is 9.59. The maximum Gasteiger partial charge on any atom is 0.118 e. The van der Waals surface area contributed by atoms with Gasteiger partial charge >= 0.3 is 0 Å². The molecule has 1 aliphatic heterocycles. The molecule has 0 spiro atoms. The minimum Gasteiger partial charge on any atom is -0.508 e. The predicted molar refractivity (Wildman–Crippen MR) is 62.7 cm³/mol. The summed E-state index contributed by atoms with van der Waals surface area (Å²) in [6, 6.07) is 3.93. The molecule has 2 N–H and O–H groups in total. The third-order valence-electron chi connectivity index (χ3n) is 2.97. The average molecular weight is 206 g/mol. The summed E-state index contributed by atoms with van der Waals surface area (Å²) >= 11 is 0. The number of phenolic OH excluding ortho intramolecular Hbond substituents is 1. The number of anilines is 1. The second-order valence-corrected chi connectivity index (χ2v) is 4.16. The Bertz CT molecular complexity index is 357. The van der Waals surface area contributed by atoms with Gasteiger partial charge in [0, 0.05) is 31.9 Å². The molecule has 3 heteroatoms. The molecule has 15 heavy (non-hydrogen) atoms. The summed E-state index contributed by atoms with van der Waals surface area (Å²) in [5, 5.41) is 12.9. The van der Waals surface area contributed by atoms with Crippen LogP contribution in [0.3, 0.4) is 0 Å². The van der Waals surface area contributed by atoms with E-state index >= 15 is 0 Å². The van der Waals surface area contributed by atoms with Gasteiger partial charge in [-0.2, -0.15) is 0 Å². The van der Waals surface area contributed by atoms with Crippen LogP contribution in [0.2, 0.25) is 0 Å². The van der Waals surface area contributed by atoms with Crippen molar-refractivity contribution in [2.75, 3.05) is 31.1 Å². The number of piperazine rings is 1. The molecule has 1 fully saturated rings. The Balaban J connectivity index is 2.30. The first kappa shape index (κ1) is 10.3. The van der Waals surface area contributed by atoms with Gasteiger partial charge in [-0.05, 0) is 37.1 Å². The first-order valence-corrected chi connectivity index (χ1v) is 5.44. The summed E-state index contributed by atoms with van der Waals surface area (Å²) in [6.45, 7) is 8.17. The molecule has 0 saturated carbocycles.